The van der Waals surface area contributed by atoms with Gasteiger partial charge in [0.25, 0.3) is 0 Å². The molecular weight excluding hydrogens is 176 g/mol. The van der Waals surface area contributed by atoms with Crippen molar-refractivity contribution in [2.45, 2.75) is 25.9 Å². The summed E-state index contributed by atoms with van der Waals surface area (Å²) in [6.45, 7) is 3.61. The Morgan fingerprint density at radius 2 is 1.64 bits per heavy atom. The van der Waals surface area contributed by atoms with Crippen LogP contribution in [-0.4, -0.2) is 10.9 Å². The molecule has 1 rings (SSSR count). The zero-order valence-electron chi connectivity index (χ0n) is 8.49. The Kier molecular flexibility index (Phi) is 3.25. The number of benzene rings is 1. The molecule has 3 nitrogen and oxygen atoms in total. The molecule has 0 amide bonds. The number of aliphatic hydroxyl groups is 1. The molecule has 0 aromatic heterocycles. The number of nitrogens with one attached hydrogen (secondary N) is 1. The summed E-state index contributed by atoms with van der Waals surface area (Å²) in [5, 5.41) is 16.6. The Morgan fingerprint density at radius 1 is 1.21 bits per heavy atom. The molecule has 4 N–H and O–H groups in total. The fourth-order valence-corrected chi connectivity index (χ4v) is 1.24. The van der Waals surface area contributed by atoms with Crippen molar-refractivity contribution in [3.63, 3.8) is 0 Å². The molecule has 2 atom stereocenters. The Morgan fingerprint density at radius 3 is 2.00 bits per heavy atom. The third-order valence-electron chi connectivity index (χ3n) is 2.39. The summed E-state index contributed by atoms with van der Waals surface area (Å²) in [6, 6.07) is 7.51. The van der Waals surface area contributed by atoms with Gasteiger partial charge in [0.1, 0.15) is 0 Å². The van der Waals surface area contributed by atoms with E-state index in [2.05, 4.69) is 0 Å². The Labute approximate surface area is 84.1 Å². The zero-order chi connectivity index (χ0) is 10.7. The van der Waals surface area contributed by atoms with Crippen LogP contribution in [0.5, 0.6) is 0 Å². The molecule has 0 aliphatic carbocycles. The quantitative estimate of drug-likeness (QED) is 0.504. The molecule has 1 aromatic rings. The zero-order valence-corrected chi connectivity index (χ0v) is 8.49. The predicted molar refractivity (Wildman–Crippen MR) is 57.4 cm³/mol. The maximum atomic E-state index is 9.30. The Bertz CT molecular complexity index is 317. The molecule has 0 saturated carbocycles. The fourth-order valence-electron chi connectivity index (χ4n) is 1.24. The molecule has 1 aromatic carbocycles. The lowest BCUT2D eigenvalue weighted by Gasteiger charge is -2.11. The van der Waals surface area contributed by atoms with Gasteiger partial charge in [0.2, 0.25) is 0 Å². The second kappa shape index (κ2) is 4.24. The molecule has 0 spiro atoms. The Balaban J connectivity index is 2.88. The number of hydrogen-bond acceptors (Lipinski definition) is 2. The first-order valence-electron chi connectivity index (χ1n) is 4.64. The minimum atomic E-state index is -0.448. The van der Waals surface area contributed by atoms with Crippen molar-refractivity contribution in [1.29, 1.82) is 5.41 Å². The molecule has 0 aliphatic heterocycles. The van der Waals surface area contributed by atoms with Crippen LogP contribution in [0, 0.1) is 5.41 Å². The van der Waals surface area contributed by atoms with Gasteiger partial charge < -0.3 is 10.8 Å². The van der Waals surface area contributed by atoms with Crippen molar-refractivity contribution >= 4 is 5.84 Å². The molecule has 3 heteroatoms. The summed E-state index contributed by atoms with van der Waals surface area (Å²) in [7, 11) is 0. The minimum Gasteiger partial charge on any atom is -0.389 e. The van der Waals surface area contributed by atoms with E-state index in [1.165, 1.54) is 0 Å². The highest BCUT2D eigenvalue weighted by Crippen LogP contribution is 2.18. The molecule has 0 bridgehead atoms. The van der Waals surface area contributed by atoms with Crippen LogP contribution in [0.3, 0.4) is 0 Å². The van der Waals surface area contributed by atoms with E-state index in [0.29, 0.717) is 0 Å². The SMILES string of the molecule is CC(O)c1ccc(C(C)C(=N)N)cc1. The van der Waals surface area contributed by atoms with E-state index in [1.54, 1.807) is 6.92 Å². The number of aliphatic hydroxyl groups excluding tert-OH is 1. The number of hydrogen-bond donors (Lipinski definition) is 3. The van der Waals surface area contributed by atoms with Crippen LogP contribution in [-0.2, 0) is 0 Å². The van der Waals surface area contributed by atoms with Crippen molar-refractivity contribution in [1.82, 2.24) is 0 Å². The highest BCUT2D eigenvalue weighted by Gasteiger charge is 2.08. The van der Waals surface area contributed by atoms with Crippen molar-refractivity contribution < 1.29 is 5.11 Å². The normalized spacial score (nSPS) is 14.8. The van der Waals surface area contributed by atoms with Crippen molar-refractivity contribution in [2.24, 2.45) is 5.73 Å². The van der Waals surface area contributed by atoms with E-state index in [0.717, 1.165) is 11.1 Å². The lowest BCUT2D eigenvalue weighted by atomic mass is 9.98. The molecule has 0 radical (unpaired) electrons. The summed E-state index contributed by atoms with van der Waals surface area (Å²) < 4.78 is 0. The topological polar surface area (TPSA) is 70.1 Å². The Hall–Kier alpha value is -1.35. The highest BCUT2D eigenvalue weighted by molar-refractivity contribution is 5.84. The molecule has 2 unspecified atom stereocenters. The first-order valence-corrected chi connectivity index (χ1v) is 4.64. The molecule has 76 valence electrons. The molecule has 0 heterocycles. The molecule has 0 saturated heterocycles. The van der Waals surface area contributed by atoms with Gasteiger partial charge >= 0.3 is 0 Å². The van der Waals surface area contributed by atoms with Crippen molar-refractivity contribution in [3.05, 3.63) is 35.4 Å². The average Bonchev–Trinajstić information content (AvgIpc) is 2.16. The van der Waals surface area contributed by atoms with Crippen LogP contribution in [0.1, 0.15) is 37.0 Å². The van der Waals surface area contributed by atoms with Gasteiger partial charge in [-0.3, -0.25) is 5.41 Å². The van der Waals surface area contributed by atoms with Crippen LogP contribution in [0.2, 0.25) is 0 Å². The van der Waals surface area contributed by atoms with Gasteiger partial charge in [-0.05, 0) is 18.1 Å². The lowest BCUT2D eigenvalue weighted by molar-refractivity contribution is 0.199. The van der Waals surface area contributed by atoms with Gasteiger partial charge in [-0.2, -0.15) is 0 Å². The van der Waals surface area contributed by atoms with Gasteiger partial charge in [-0.25, -0.2) is 0 Å². The van der Waals surface area contributed by atoms with E-state index in [1.807, 2.05) is 31.2 Å². The second-order valence-electron chi connectivity index (χ2n) is 3.52. The molecular formula is C11H16N2O. The predicted octanol–water partition coefficient (Wildman–Crippen LogP) is 1.78. The third-order valence-corrected chi connectivity index (χ3v) is 2.39. The summed E-state index contributed by atoms with van der Waals surface area (Å²) in [5.74, 6) is 0.104. The first-order chi connectivity index (χ1) is 6.52. The molecule has 0 fully saturated rings. The van der Waals surface area contributed by atoms with Gasteiger partial charge in [0, 0.05) is 5.92 Å². The smallest absolute Gasteiger partial charge is 0.0979 e. The van der Waals surface area contributed by atoms with Gasteiger partial charge in [-0.1, -0.05) is 31.2 Å². The number of amidine groups is 1. The van der Waals surface area contributed by atoms with Crippen LogP contribution >= 0.6 is 0 Å². The van der Waals surface area contributed by atoms with E-state index >= 15 is 0 Å². The summed E-state index contributed by atoms with van der Waals surface area (Å²) in [6.07, 6.45) is -0.448. The number of rotatable bonds is 3. The molecule has 14 heavy (non-hydrogen) atoms. The lowest BCUT2D eigenvalue weighted by Crippen LogP contribution is -2.17. The fraction of sp³-hybridized carbons (Fsp3) is 0.364. The van der Waals surface area contributed by atoms with Crippen LogP contribution < -0.4 is 5.73 Å². The summed E-state index contributed by atoms with van der Waals surface area (Å²) >= 11 is 0. The minimum absolute atomic E-state index is 0.0574. The molecule has 0 aliphatic rings. The first kappa shape index (κ1) is 10.7. The van der Waals surface area contributed by atoms with Crippen LogP contribution in [0.15, 0.2) is 24.3 Å². The van der Waals surface area contributed by atoms with Crippen LogP contribution in [0.25, 0.3) is 0 Å². The van der Waals surface area contributed by atoms with E-state index in [-0.39, 0.29) is 11.8 Å². The maximum absolute atomic E-state index is 9.30. The third kappa shape index (κ3) is 2.33. The van der Waals surface area contributed by atoms with Gasteiger partial charge in [0.05, 0.1) is 11.9 Å². The largest absolute Gasteiger partial charge is 0.389 e. The van der Waals surface area contributed by atoms with Crippen molar-refractivity contribution in [3.8, 4) is 0 Å². The monoisotopic (exact) mass is 192 g/mol. The van der Waals surface area contributed by atoms with Crippen molar-refractivity contribution in [2.75, 3.05) is 0 Å². The average molecular weight is 192 g/mol. The standard InChI is InChI=1S/C11H16N2O/c1-7(11(12)13)9-3-5-10(6-4-9)8(2)14/h3-8,14H,1-2H3,(H3,12,13). The maximum Gasteiger partial charge on any atom is 0.0979 e. The van der Waals surface area contributed by atoms with E-state index in [4.69, 9.17) is 11.1 Å². The number of nitrogens with two attached hydrogens (primary N) is 1. The van der Waals surface area contributed by atoms with Gasteiger partial charge in [0.15, 0.2) is 0 Å². The van der Waals surface area contributed by atoms with E-state index in [9.17, 15) is 5.11 Å². The summed E-state index contributed by atoms with van der Waals surface area (Å²) in [5.41, 5.74) is 7.28. The van der Waals surface area contributed by atoms with Crippen LogP contribution in [0.4, 0.5) is 0 Å². The van der Waals surface area contributed by atoms with Gasteiger partial charge in [-0.15, -0.1) is 0 Å². The van der Waals surface area contributed by atoms with E-state index < -0.39 is 6.10 Å². The second-order valence-corrected chi connectivity index (χ2v) is 3.52. The highest BCUT2D eigenvalue weighted by atomic mass is 16.3. The summed E-state index contributed by atoms with van der Waals surface area (Å²) in [4.78, 5) is 0.